The van der Waals surface area contributed by atoms with Crippen molar-refractivity contribution < 1.29 is 23.8 Å². The van der Waals surface area contributed by atoms with Crippen LogP contribution in [0, 0.1) is 11.3 Å². The van der Waals surface area contributed by atoms with E-state index in [1.807, 2.05) is 0 Å². The quantitative estimate of drug-likeness (QED) is 0.292. The Hall–Kier alpha value is -2.63. The molecule has 0 saturated carbocycles. The zero-order valence-corrected chi connectivity index (χ0v) is 16.3. The molecule has 26 heavy (non-hydrogen) atoms. The summed E-state index contributed by atoms with van der Waals surface area (Å²) in [4.78, 5) is 24.4. The van der Waals surface area contributed by atoms with E-state index in [1.54, 1.807) is 42.6 Å². The number of nitriles is 1. The average molecular weight is 436 g/mol. The lowest BCUT2D eigenvalue weighted by atomic mass is 10.1. The van der Waals surface area contributed by atoms with Crippen molar-refractivity contribution in [2.45, 2.75) is 6.92 Å². The number of ether oxygens (including phenoxy) is 3. The molecule has 0 atom stereocenters. The molecule has 0 unspecified atom stereocenters. The molecule has 8 heteroatoms. The third-order valence-electron chi connectivity index (χ3n) is 3.10. The van der Waals surface area contributed by atoms with E-state index in [9.17, 15) is 9.59 Å². The van der Waals surface area contributed by atoms with E-state index < -0.39 is 11.9 Å². The minimum absolute atomic E-state index is 0.149. The number of nitrogens with zero attached hydrogens (tertiary/aromatic N) is 1. The molecular formula is C18H14BrNO5S. The van der Waals surface area contributed by atoms with Crippen LogP contribution < -0.4 is 9.47 Å². The van der Waals surface area contributed by atoms with Gasteiger partial charge in [0.25, 0.3) is 0 Å². The molecule has 0 N–H and O–H groups in total. The number of methoxy groups -OCH3 is 1. The maximum atomic E-state index is 12.2. The highest BCUT2D eigenvalue weighted by Crippen LogP contribution is 2.38. The Bertz CT molecular complexity index is 884. The smallest absolute Gasteiger partial charge is 0.353 e. The molecule has 0 aliphatic rings. The van der Waals surface area contributed by atoms with E-state index in [4.69, 9.17) is 19.5 Å². The van der Waals surface area contributed by atoms with Gasteiger partial charge >= 0.3 is 11.9 Å². The lowest BCUT2D eigenvalue weighted by Crippen LogP contribution is -2.08. The standard InChI is InChI=1S/C18H14BrNO5S/c1-3-24-17(21)12(10-20)7-11-8-13(19)16(14(9-11)23-2)25-18(22)15-5-4-6-26-15/h4-9H,3H2,1-2H3/b12-7-. The van der Waals surface area contributed by atoms with Gasteiger partial charge in [0, 0.05) is 0 Å². The van der Waals surface area contributed by atoms with Crippen molar-refractivity contribution in [2.24, 2.45) is 0 Å². The number of halogens is 1. The SMILES string of the molecule is CCOC(=O)/C(C#N)=C\c1cc(Br)c(OC(=O)c2cccs2)c(OC)c1. The summed E-state index contributed by atoms with van der Waals surface area (Å²) < 4.78 is 16.0. The van der Waals surface area contributed by atoms with Gasteiger partial charge in [-0.25, -0.2) is 9.59 Å². The molecule has 0 aliphatic heterocycles. The van der Waals surface area contributed by atoms with Crippen molar-refractivity contribution in [1.82, 2.24) is 0 Å². The van der Waals surface area contributed by atoms with Gasteiger partial charge in [-0.15, -0.1) is 11.3 Å². The predicted octanol–water partition coefficient (Wildman–Crippen LogP) is 4.21. The van der Waals surface area contributed by atoms with Gasteiger partial charge in [0.2, 0.25) is 0 Å². The first-order valence-corrected chi connectivity index (χ1v) is 9.09. The second-order valence-corrected chi connectivity index (χ2v) is 6.59. The first-order valence-electron chi connectivity index (χ1n) is 7.42. The Kier molecular flexibility index (Phi) is 6.95. The number of carbonyl (C=O) groups is 2. The molecule has 1 aromatic carbocycles. The fourth-order valence-electron chi connectivity index (χ4n) is 1.97. The molecule has 0 amide bonds. The van der Waals surface area contributed by atoms with Crippen LogP contribution in [-0.4, -0.2) is 25.7 Å². The second-order valence-electron chi connectivity index (χ2n) is 4.79. The van der Waals surface area contributed by atoms with Gasteiger partial charge < -0.3 is 14.2 Å². The number of hydrogen-bond acceptors (Lipinski definition) is 7. The minimum Gasteiger partial charge on any atom is -0.493 e. The highest BCUT2D eigenvalue weighted by atomic mass is 79.9. The van der Waals surface area contributed by atoms with Gasteiger partial charge in [-0.05, 0) is 58.1 Å². The van der Waals surface area contributed by atoms with Crippen LogP contribution in [0.5, 0.6) is 11.5 Å². The van der Waals surface area contributed by atoms with Crippen LogP contribution in [0.3, 0.4) is 0 Å². The summed E-state index contributed by atoms with van der Waals surface area (Å²) in [6.07, 6.45) is 1.37. The fraction of sp³-hybridized carbons (Fsp3) is 0.167. The summed E-state index contributed by atoms with van der Waals surface area (Å²) in [7, 11) is 1.42. The van der Waals surface area contributed by atoms with Gasteiger partial charge in [0.15, 0.2) is 11.5 Å². The number of esters is 2. The third kappa shape index (κ3) is 4.71. The molecule has 2 aromatic rings. The van der Waals surface area contributed by atoms with Crippen molar-refractivity contribution in [3.05, 3.63) is 50.1 Å². The maximum absolute atomic E-state index is 12.2. The number of thiophene rings is 1. The molecule has 0 bridgehead atoms. The van der Waals surface area contributed by atoms with Crippen LogP contribution in [0.1, 0.15) is 22.2 Å². The number of benzene rings is 1. The molecule has 0 radical (unpaired) electrons. The molecule has 1 aromatic heterocycles. The van der Waals surface area contributed by atoms with Crippen LogP contribution in [-0.2, 0) is 9.53 Å². The van der Waals surface area contributed by atoms with E-state index in [0.717, 1.165) is 0 Å². The highest BCUT2D eigenvalue weighted by Gasteiger charge is 2.18. The molecule has 2 rings (SSSR count). The number of hydrogen-bond donors (Lipinski definition) is 0. The molecule has 0 aliphatic carbocycles. The molecule has 0 fully saturated rings. The van der Waals surface area contributed by atoms with Gasteiger partial charge in [-0.1, -0.05) is 6.07 Å². The van der Waals surface area contributed by atoms with Crippen LogP contribution in [0.25, 0.3) is 6.08 Å². The monoisotopic (exact) mass is 435 g/mol. The Balaban J connectivity index is 2.36. The average Bonchev–Trinajstić information content (AvgIpc) is 3.16. The Labute approximate surface area is 162 Å². The second kappa shape index (κ2) is 9.17. The van der Waals surface area contributed by atoms with Gasteiger partial charge in [0.1, 0.15) is 16.5 Å². The number of rotatable bonds is 6. The Morgan fingerprint density at radius 2 is 2.15 bits per heavy atom. The molecule has 134 valence electrons. The molecule has 0 spiro atoms. The summed E-state index contributed by atoms with van der Waals surface area (Å²) in [6.45, 7) is 1.83. The van der Waals surface area contributed by atoms with E-state index in [2.05, 4.69) is 15.9 Å². The van der Waals surface area contributed by atoms with E-state index in [1.165, 1.54) is 24.5 Å². The topological polar surface area (TPSA) is 85.6 Å². The summed E-state index contributed by atoms with van der Waals surface area (Å²) >= 11 is 4.59. The lowest BCUT2D eigenvalue weighted by molar-refractivity contribution is -0.137. The number of carbonyl (C=O) groups excluding carboxylic acids is 2. The molecule has 6 nitrogen and oxygen atoms in total. The summed E-state index contributed by atoms with van der Waals surface area (Å²) in [5.74, 6) is -0.737. The molecule has 1 heterocycles. The van der Waals surface area contributed by atoms with Crippen molar-refractivity contribution in [2.75, 3.05) is 13.7 Å². The minimum atomic E-state index is -0.710. The van der Waals surface area contributed by atoms with Crippen molar-refractivity contribution in [3.8, 4) is 17.6 Å². The predicted molar refractivity (Wildman–Crippen MR) is 100 cm³/mol. The van der Waals surface area contributed by atoms with Crippen LogP contribution in [0.4, 0.5) is 0 Å². The zero-order valence-electron chi connectivity index (χ0n) is 13.9. The van der Waals surface area contributed by atoms with Gasteiger partial charge in [-0.3, -0.25) is 0 Å². The third-order valence-corrected chi connectivity index (χ3v) is 4.53. The first-order chi connectivity index (χ1) is 12.5. The summed E-state index contributed by atoms with van der Waals surface area (Å²) in [5, 5.41) is 10.9. The van der Waals surface area contributed by atoms with Crippen molar-refractivity contribution in [3.63, 3.8) is 0 Å². The van der Waals surface area contributed by atoms with E-state index >= 15 is 0 Å². The fourth-order valence-corrected chi connectivity index (χ4v) is 3.11. The van der Waals surface area contributed by atoms with Crippen molar-refractivity contribution >= 4 is 45.3 Å². The first kappa shape index (κ1) is 19.7. The van der Waals surface area contributed by atoms with Crippen LogP contribution in [0.2, 0.25) is 0 Å². The zero-order chi connectivity index (χ0) is 19.1. The van der Waals surface area contributed by atoms with Gasteiger partial charge in [-0.2, -0.15) is 5.26 Å². The van der Waals surface area contributed by atoms with Crippen LogP contribution in [0.15, 0.2) is 39.7 Å². The van der Waals surface area contributed by atoms with Crippen LogP contribution >= 0.6 is 27.3 Å². The van der Waals surface area contributed by atoms with Crippen molar-refractivity contribution in [1.29, 1.82) is 5.26 Å². The molecular weight excluding hydrogens is 422 g/mol. The lowest BCUT2D eigenvalue weighted by Gasteiger charge is -2.12. The maximum Gasteiger partial charge on any atom is 0.353 e. The summed E-state index contributed by atoms with van der Waals surface area (Å²) in [6, 6.07) is 8.37. The Morgan fingerprint density at radius 3 is 2.73 bits per heavy atom. The largest absolute Gasteiger partial charge is 0.493 e. The van der Waals surface area contributed by atoms with E-state index in [-0.39, 0.29) is 23.7 Å². The van der Waals surface area contributed by atoms with E-state index in [0.29, 0.717) is 14.9 Å². The highest BCUT2D eigenvalue weighted by molar-refractivity contribution is 9.10. The summed E-state index contributed by atoms with van der Waals surface area (Å²) in [5.41, 5.74) is 0.360. The van der Waals surface area contributed by atoms with Gasteiger partial charge in [0.05, 0.1) is 18.2 Å². The normalized spacial score (nSPS) is 10.8. The molecule has 0 saturated heterocycles. The Morgan fingerprint density at radius 1 is 1.38 bits per heavy atom.